The molecule has 2 aromatic rings. The Balaban J connectivity index is 2.41. The third kappa shape index (κ3) is 2.91. The molecule has 0 bridgehead atoms. The van der Waals surface area contributed by atoms with Crippen molar-refractivity contribution in [2.24, 2.45) is 0 Å². The van der Waals surface area contributed by atoms with Gasteiger partial charge in [0.1, 0.15) is 5.82 Å². The van der Waals surface area contributed by atoms with Crippen LogP contribution in [0.2, 0.25) is 0 Å². The maximum atomic E-state index is 14.2. The maximum absolute atomic E-state index is 14.2. The lowest BCUT2D eigenvalue weighted by atomic mass is 10.0. The van der Waals surface area contributed by atoms with Crippen LogP contribution < -0.4 is 14.8 Å². The smallest absolute Gasteiger partial charge is 0.161 e. The first-order valence-corrected chi connectivity index (χ1v) is 6.35. The van der Waals surface area contributed by atoms with E-state index in [0.717, 1.165) is 11.1 Å². The van der Waals surface area contributed by atoms with E-state index in [4.69, 9.17) is 9.47 Å². The van der Waals surface area contributed by atoms with Crippen molar-refractivity contribution in [2.75, 3.05) is 21.3 Å². The first-order valence-electron chi connectivity index (χ1n) is 6.35. The molecule has 0 aromatic heterocycles. The van der Waals surface area contributed by atoms with Crippen molar-refractivity contribution >= 4 is 0 Å². The number of rotatable bonds is 5. The molecule has 3 nitrogen and oxygen atoms in total. The van der Waals surface area contributed by atoms with Crippen molar-refractivity contribution in [3.8, 4) is 22.6 Å². The molecule has 0 aliphatic carbocycles. The van der Waals surface area contributed by atoms with Crippen LogP contribution in [0.1, 0.15) is 5.56 Å². The summed E-state index contributed by atoms with van der Waals surface area (Å²) < 4.78 is 24.6. The minimum absolute atomic E-state index is 0.245. The van der Waals surface area contributed by atoms with Crippen LogP contribution in [0.25, 0.3) is 11.1 Å². The van der Waals surface area contributed by atoms with Gasteiger partial charge in [0.2, 0.25) is 0 Å². The van der Waals surface area contributed by atoms with E-state index >= 15 is 0 Å². The number of methoxy groups -OCH3 is 2. The van der Waals surface area contributed by atoms with Gasteiger partial charge in [-0.3, -0.25) is 0 Å². The third-order valence-corrected chi connectivity index (χ3v) is 3.11. The summed E-state index contributed by atoms with van der Waals surface area (Å²) >= 11 is 0. The molecular weight excluding hydrogens is 257 g/mol. The van der Waals surface area contributed by atoms with Gasteiger partial charge >= 0.3 is 0 Å². The Morgan fingerprint density at radius 2 is 1.75 bits per heavy atom. The second-order valence-electron chi connectivity index (χ2n) is 4.41. The molecule has 0 aliphatic rings. The molecule has 0 aliphatic heterocycles. The van der Waals surface area contributed by atoms with E-state index in [9.17, 15) is 4.39 Å². The van der Waals surface area contributed by atoms with Gasteiger partial charge in [0.05, 0.1) is 14.2 Å². The molecule has 20 heavy (non-hydrogen) atoms. The largest absolute Gasteiger partial charge is 0.493 e. The molecule has 2 rings (SSSR count). The number of ether oxygens (including phenoxy) is 2. The highest BCUT2D eigenvalue weighted by atomic mass is 19.1. The Morgan fingerprint density at radius 1 is 1.00 bits per heavy atom. The van der Waals surface area contributed by atoms with Crippen LogP contribution in [-0.2, 0) is 6.54 Å². The van der Waals surface area contributed by atoms with Gasteiger partial charge in [-0.05, 0) is 36.4 Å². The summed E-state index contributed by atoms with van der Waals surface area (Å²) in [5, 5.41) is 3.00. The van der Waals surface area contributed by atoms with Gasteiger partial charge in [0.25, 0.3) is 0 Å². The molecule has 106 valence electrons. The Labute approximate surface area is 118 Å². The first-order chi connectivity index (χ1) is 9.69. The normalized spacial score (nSPS) is 10.4. The van der Waals surface area contributed by atoms with E-state index in [-0.39, 0.29) is 5.82 Å². The lowest BCUT2D eigenvalue weighted by Crippen LogP contribution is -2.05. The van der Waals surface area contributed by atoms with Crippen molar-refractivity contribution < 1.29 is 13.9 Å². The van der Waals surface area contributed by atoms with E-state index in [1.807, 2.05) is 19.2 Å². The van der Waals surface area contributed by atoms with E-state index in [0.29, 0.717) is 23.6 Å². The van der Waals surface area contributed by atoms with Crippen molar-refractivity contribution in [3.63, 3.8) is 0 Å². The highest BCUT2D eigenvalue weighted by Gasteiger charge is 2.10. The molecule has 0 saturated carbocycles. The predicted octanol–water partition coefficient (Wildman–Crippen LogP) is 3.23. The molecule has 0 unspecified atom stereocenters. The van der Waals surface area contributed by atoms with Crippen LogP contribution in [-0.4, -0.2) is 21.3 Å². The van der Waals surface area contributed by atoms with Crippen LogP contribution in [0.15, 0.2) is 36.4 Å². The highest BCUT2D eigenvalue weighted by molar-refractivity contribution is 5.68. The zero-order valence-corrected chi connectivity index (χ0v) is 11.9. The molecule has 0 saturated heterocycles. The van der Waals surface area contributed by atoms with Crippen molar-refractivity contribution in [2.45, 2.75) is 6.54 Å². The molecular formula is C16H18FNO2. The second kappa shape index (κ2) is 6.39. The minimum atomic E-state index is -0.245. The molecule has 0 atom stereocenters. The van der Waals surface area contributed by atoms with Crippen molar-refractivity contribution in [1.82, 2.24) is 5.32 Å². The highest BCUT2D eigenvalue weighted by Crippen LogP contribution is 2.33. The molecule has 0 radical (unpaired) electrons. The predicted molar refractivity (Wildman–Crippen MR) is 77.7 cm³/mol. The Kier molecular flexibility index (Phi) is 4.58. The van der Waals surface area contributed by atoms with E-state index in [2.05, 4.69) is 5.32 Å². The Hall–Kier alpha value is -2.07. The van der Waals surface area contributed by atoms with Crippen LogP contribution in [0.5, 0.6) is 11.5 Å². The van der Waals surface area contributed by atoms with Crippen molar-refractivity contribution in [1.29, 1.82) is 0 Å². The lowest BCUT2D eigenvalue weighted by Gasteiger charge is -2.11. The topological polar surface area (TPSA) is 30.5 Å². The zero-order chi connectivity index (χ0) is 14.5. The minimum Gasteiger partial charge on any atom is -0.493 e. The SMILES string of the molecule is CNCc1ccc(-c2ccc(OC)c(OC)c2)c(F)c1. The fraction of sp³-hybridized carbons (Fsp3) is 0.250. The zero-order valence-electron chi connectivity index (χ0n) is 11.9. The summed E-state index contributed by atoms with van der Waals surface area (Å²) in [6, 6.07) is 10.6. The fourth-order valence-corrected chi connectivity index (χ4v) is 2.11. The van der Waals surface area contributed by atoms with Crippen LogP contribution in [0.3, 0.4) is 0 Å². The van der Waals surface area contributed by atoms with Gasteiger partial charge in [-0.15, -0.1) is 0 Å². The molecule has 0 heterocycles. The van der Waals surface area contributed by atoms with Gasteiger partial charge in [0, 0.05) is 12.1 Å². The number of hydrogen-bond acceptors (Lipinski definition) is 3. The average molecular weight is 275 g/mol. The summed E-state index contributed by atoms with van der Waals surface area (Å²) in [5.74, 6) is 0.970. The van der Waals surface area contributed by atoms with Gasteiger partial charge in [-0.1, -0.05) is 18.2 Å². The average Bonchev–Trinajstić information content (AvgIpc) is 2.47. The summed E-state index contributed by atoms with van der Waals surface area (Å²) in [7, 11) is 4.97. The molecule has 4 heteroatoms. The lowest BCUT2D eigenvalue weighted by molar-refractivity contribution is 0.355. The van der Waals surface area contributed by atoms with Gasteiger partial charge in [0.15, 0.2) is 11.5 Å². The van der Waals surface area contributed by atoms with Gasteiger partial charge < -0.3 is 14.8 Å². The number of benzene rings is 2. The van der Waals surface area contributed by atoms with E-state index < -0.39 is 0 Å². The third-order valence-electron chi connectivity index (χ3n) is 3.11. The summed E-state index contributed by atoms with van der Waals surface area (Å²) in [4.78, 5) is 0. The number of halogens is 1. The summed E-state index contributed by atoms with van der Waals surface area (Å²) in [5.41, 5.74) is 2.22. The molecule has 0 spiro atoms. The van der Waals surface area contributed by atoms with E-state index in [1.165, 1.54) is 0 Å². The molecule has 2 aromatic carbocycles. The standard InChI is InChI=1S/C16H18FNO2/c1-18-10-11-4-6-13(14(17)8-11)12-5-7-15(19-2)16(9-12)20-3/h4-9,18H,10H2,1-3H3. The summed E-state index contributed by atoms with van der Waals surface area (Å²) in [6.45, 7) is 0.642. The first kappa shape index (κ1) is 14.3. The molecule has 1 N–H and O–H groups in total. The maximum Gasteiger partial charge on any atom is 0.161 e. The monoisotopic (exact) mass is 275 g/mol. The second-order valence-corrected chi connectivity index (χ2v) is 4.41. The Morgan fingerprint density at radius 3 is 2.35 bits per heavy atom. The molecule has 0 fully saturated rings. The van der Waals surface area contributed by atoms with E-state index in [1.54, 1.807) is 38.5 Å². The van der Waals surface area contributed by atoms with Crippen molar-refractivity contribution in [3.05, 3.63) is 47.8 Å². The Bertz CT molecular complexity index is 599. The van der Waals surface area contributed by atoms with Gasteiger partial charge in [-0.25, -0.2) is 4.39 Å². The quantitative estimate of drug-likeness (QED) is 0.908. The summed E-state index contributed by atoms with van der Waals surface area (Å²) in [6.07, 6.45) is 0. The van der Waals surface area contributed by atoms with Crippen LogP contribution in [0, 0.1) is 5.82 Å². The van der Waals surface area contributed by atoms with Crippen LogP contribution >= 0.6 is 0 Å². The molecule has 0 amide bonds. The van der Waals surface area contributed by atoms with Gasteiger partial charge in [-0.2, -0.15) is 0 Å². The van der Waals surface area contributed by atoms with Crippen LogP contribution in [0.4, 0.5) is 4.39 Å². The fourth-order valence-electron chi connectivity index (χ4n) is 2.11. The number of nitrogens with one attached hydrogen (secondary N) is 1. The number of hydrogen-bond donors (Lipinski definition) is 1.